The first-order valence-corrected chi connectivity index (χ1v) is 11.5. The van der Waals surface area contributed by atoms with E-state index in [1.165, 1.54) is 0 Å². The zero-order valence-corrected chi connectivity index (χ0v) is 19.3. The molecule has 7 nitrogen and oxygen atoms in total. The van der Waals surface area contributed by atoms with Crippen LogP contribution in [0.4, 0.5) is 0 Å². The molecule has 1 heterocycles. The van der Waals surface area contributed by atoms with Crippen molar-refractivity contribution in [3.05, 3.63) is 0 Å². The average molecular weight is 508 g/mol. The lowest BCUT2D eigenvalue weighted by molar-refractivity contribution is 0.144. The second-order valence-corrected chi connectivity index (χ2v) is 8.73. The largest absolute Gasteiger partial charge is 0.382 e. The normalized spacial score (nSPS) is 16.3. The first-order chi connectivity index (χ1) is 11.6. The number of sulfonamides is 1. The van der Waals surface area contributed by atoms with Crippen LogP contribution in [0, 0.1) is 0 Å². The smallest absolute Gasteiger partial charge is 0.215 e. The number of nitrogens with zero attached hydrogens (tertiary/aromatic N) is 2. The van der Waals surface area contributed by atoms with Crippen molar-refractivity contribution in [2.45, 2.75) is 26.7 Å². The molecule has 1 saturated heterocycles. The Hall–Kier alpha value is 0.220. The summed E-state index contributed by atoms with van der Waals surface area (Å²) in [6.45, 7) is 8.58. The van der Waals surface area contributed by atoms with Crippen LogP contribution in [0.1, 0.15) is 26.7 Å². The van der Waals surface area contributed by atoms with Gasteiger partial charge in [-0.25, -0.2) is 12.7 Å². The second-order valence-electron chi connectivity index (χ2n) is 5.42. The molecule has 1 fully saturated rings. The Kier molecular flexibility index (Phi) is 15.4. The third-order valence-corrected chi connectivity index (χ3v) is 6.35. The third-order valence-electron chi connectivity index (χ3n) is 3.53. The van der Waals surface area contributed by atoms with Crippen LogP contribution in [0.5, 0.6) is 0 Å². The van der Waals surface area contributed by atoms with E-state index in [-0.39, 0.29) is 29.7 Å². The topological polar surface area (TPSA) is 83.0 Å². The summed E-state index contributed by atoms with van der Waals surface area (Å²) in [7, 11) is -3.17. The summed E-state index contributed by atoms with van der Waals surface area (Å²) in [5.74, 6) is 2.56. The lowest BCUT2D eigenvalue weighted by Gasteiger charge is -2.25. The Bertz CT molecular complexity index is 458. The van der Waals surface area contributed by atoms with Crippen molar-refractivity contribution < 1.29 is 13.2 Å². The number of unbranched alkanes of at least 4 members (excludes halogenated alkanes) is 1. The zero-order chi connectivity index (χ0) is 17.7. The molecule has 0 spiro atoms. The summed E-state index contributed by atoms with van der Waals surface area (Å²) in [6, 6.07) is 0. The SMILES string of the molecule is CCNC(=NCCCCOCC)NCCS(=O)(=O)N1CCSCC1.I. The van der Waals surface area contributed by atoms with E-state index in [1.807, 2.05) is 13.8 Å². The van der Waals surface area contributed by atoms with Crippen molar-refractivity contribution in [1.82, 2.24) is 14.9 Å². The van der Waals surface area contributed by atoms with Crippen LogP contribution in [0.25, 0.3) is 0 Å². The van der Waals surface area contributed by atoms with E-state index in [4.69, 9.17) is 4.74 Å². The third kappa shape index (κ3) is 11.5. The van der Waals surface area contributed by atoms with Crippen LogP contribution in [-0.2, 0) is 14.8 Å². The minimum Gasteiger partial charge on any atom is -0.382 e. The number of guanidine groups is 1. The highest BCUT2D eigenvalue weighted by Gasteiger charge is 2.23. The number of hydrogen-bond acceptors (Lipinski definition) is 5. The summed E-state index contributed by atoms with van der Waals surface area (Å²) in [5.41, 5.74) is 0. The first-order valence-electron chi connectivity index (χ1n) is 8.75. The van der Waals surface area contributed by atoms with Gasteiger partial charge in [0.05, 0.1) is 5.75 Å². The zero-order valence-electron chi connectivity index (χ0n) is 15.3. The molecule has 0 saturated carbocycles. The van der Waals surface area contributed by atoms with Gasteiger partial charge in [0.2, 0.25) is 10.0 Å². The predicted molar refractivity (Wildman–Crippen MR) is 118 cm³/mol. The van der Waals surface area contributed by atoms with E-state index < -0.39 is 10.0 Å². The Morgan fingerprint density at radius 3 is 2.56 bits per heavy atom. The molecule has 1 aliphatic rings. The maximum absolute atomic E-state index is 12.3. The monoisotopic (exact) mass is 508 g/mol. The highest BCUT2D eigenvalue weighted by atomic mass is 127. The van der Waals surface area contributed by atoms with Crippen LogP contribution in [0.15, 0.2) is 4.99 Å². The van der Waals surface area contributed by atoms with E-state index in [2.05, 4.69) is 15.6 Å². The fraction of sp³-hybridized carbons (Fsp3) is 0.933. The Morgan fingerprint density at radius 1 is 1.20 bits per heavy atom. The molecule has 0 aromatic carbocycles. The second kappa shape index (κ2) is 15.3. The number of ether oxygens (including phenoxy) is 1. The van der Waals surface area contributed by atoms with E-state index in [0.29, 0.717) is 32.1 Å². The van der Waals surface area contributed by atoms with Gasteiger partial charge in [0.15, 0.2) is 5.96 Å². The van der Waals surface area contributed by atoms with Gasteiger partial charge in [-0.05, 0) is 26.7 Å². The van der Waals surface area contributed by atoms with Crippen LogP contribution in [0.3, 0.4) is 0 Å². The molecular weight excluding hydrogens is 475 g/mol. The first kappa shape index (κ1) is 25.2. The van der Waals surface area contributed by atoms with Crippen molar-refractivity contribution in [3.8, 4) is 0 Å². The lowest BCUT2D eigenvalue weighted by atomic mass is 10.3. The molecule has 0 aromatic heterocycles. The minimum absolute atomic E-state index is 0. The molecule has 0 aromatic rings. The molecule has 0 radical (unpaired) electrons. The number of aliphatic imine (C=N–C) groups is 1. The molecule has 25 heavy (non-hydrogen) atoms. The van der Waals surface area contributed by atoms with Crippen LogP contribution in [-0.4, -0.2) is 81.9 Å². The Balaban J connectivity index is 0.00000576. The van der Waals surface area contributed by atoms with Crippen molar-refractivity contribution in [2.24, 2.45) is 4.99 Å². The van der Waals surface area contributed by atoms with Gasteiger partial charge < -0.3 is 15.4 Å². The Labute approximate surface area is 174 Å². The number of nitrogens with one attached hydrogen (secondary N) is 2. The predicted octanol–water partition coefficient (Wildman–Crippen LogP) is 1.35. The average Bonchev–Trinajstić information content (AvgIpc) is 2.58. The van der Waals surface area contributed by atoms with Gasteiger partial charge in [0.25, 0.3) is 0 Å². The standard InChI is InChI=1S/C15H32N4O3S2.HI/c1-3-16-15(17-7-5-6-11-22-4-2)18-8-14-24(20,21)19-9-12-23-13-10-19;/h3-14H2,1-2H3,(H2,16,17,18);1H. The van der Waals surface area contributed by atoms with Gasteiger partial charge in [-0.1, -0.05) is 0 Å². The maximum atomic E-state index is 12.3. The van der Waals surface area contributed by atoms with Gasteiger partial charge >= 0.3 is 0 Å². The van der Waals surface area contributed by atoms with Crippen molar-refractivity contribution in [3.63, 3.8) is 0 Å². The maximum Gasteiger partial charge on any atom is 0.215 e. The molecule has 0 amide bonds. The molecule has 10 heteroatoms. The fourth-order valence-corrected chi connectivity index (χ4v) is 4.74. The number of hydrogen-bond donors (Lipinski definition) is 2. The summed E-state index contributed by atoms with van der Waals surface area (Å²) >= 11 is 1.81. The molecule has 0 atom stereocenters. The van der Waals surface area contributed by atoms with Crippen LogP contribution < -0.4 is 10.6 Å². The molecule has 1 aliphatic heterocycles. The summed E-state index contributed by atoms with van der Waals surface area (Å²) in [6.07, 6.45) is 1.94. The van der Waals surface area contributed by atoms with E-state index in [9.17, 15) is 8.42 Å². The van der Waals surface area contributed by atoms with Crippen LogP contribution >= 0.6 is 35.7 Å². The van der Waals surface area contributed by atoms with Crippen molar-refractivity contribution in [1.29, 1.82) is 0 Å². The highest BCUT2D eigenvalue weighted by Crippen LogP contribution is 2.12. The fourth-order valence-electron chi connectivity index (χ4n) is 2.25. The summed E-state index contributed by atoms with van der Waals surface area (Å²) in [4.78, 5) is 4.47. The van der Waals surface area contributed by atoms with E-state index in [0.717, 1.165) is 44.1 Å². The molecule has 150 valence electrons. The van der Waals surface area contributed by atoms with E-state index in [1.54, 1.807) is 16.1 Å². The minimum atomic E-state index is -3.17. The number of rotatable bonds is 11. The van der Waals surface area contributed by atoms with Gasteiger partial charge in [0, 0.05) is 57.4 Å². The molecule has 0 aliphatic carbocycles. The molecule has 0 bridgehead atoms. The molecule has 0 unspecified atom stereocenters. The van der Waals surface area contributed by atoms with Gasteiger partial charge in [-0.15, -0.1) is 24.0 Å². The van der Waals surface area contributed by atoms with Crippen LogP contribution in [0.2, 0.25) is 0 Å². The van der Waals surface area contributed by atoms with Gasteiger partial charge in [-0.3, -0.25) is 4.99 Å². The highest BCUT2D eigenvalue weighted by molar-refractivity contribution is 14.0. The number of thioether (sulfide) groups is 1. The van der Waals surface area contributed by atoms with Crippen molar-refractivity contribution in [2.75, 3.05) is 63.2 Å². The molecule has 1 rings (SSSR count). The molecule has 2 N–H and O–H groups in total. The van der Waals surface area contributed by atoms with Gasteiger partial charge in [-0.2, -0.15) is 11.8 Å². The van der Waals surface area contributed by atoms with E-state index >= 15 is 0 Å². The lowest BCUT2D eigenvalue weighted by Crippen LogP contribution is -2.44. The quantitative estimate of drug-likeness (QED) is 0.190. The van der Waals surface area contributed by atoms with Crippen molar-refractivity contribution >= 4 is 51.7 Å². The summed E-state index contributed by atoms with van der Waals surface area (Å²) < 4.78 is 31.5. The Morgan fingerprint density at radius 2 is 1.92 bits per heavy atom. The molecular formula is C15H33IN4O3S2. The number of halogens is 1. The van der Waals surface area contributed by atoms with Gasteiger partial charge in [0.1, 0.15) is 0 Å². The summed E-state index contributed by atoms with van der Waals surface area (Å²) in [5, 5.41) is 6.26.